The molecule has 1 fully saturated rings. The molecule has 0 radical (unpaired) electrons. The van der Waals surface area contributed by atoms with Crippen LogP contribution in [0.25, 0.3) is 0 Å². The minimum Gasteiger partial charge on any atom is -0.490 e. The molecule has 2 aliphatic heterocycles. The number of rotatable bonds is 6. The van der Waals surface area contributed by atoms with Crippen LogP contribution >= 0.6 is 0 Å². The van der Waals surface area contributed by atoms with Crippen LogP contribution in [0, 0.1) is 0 Å². The summed E-state index contributed by atoms with van der Waals surface area (Å²) >= 11 is 0. The largest absolute Gasteiger partial charge is 0.490 e. The molecule has 180 valence electrons. The van der Waals surface area contributed by atoms with E-state index in [0.717, 1.165) is 41.9 Å². The lowest BCUT2D eigenvalue weighted by molar-refractivity contribution is -0.132. The van der Waals surface area contributed by atoms with Gasteiger partial charge in [-0.3, -0.25) is 9.59 Å². The van der Waals surface area contributed by atoms with Gasteiger partial charge in [0, 0.05) is 18.5 Å². The third kappa shape index (κ3) is 5.32. The topological polar surface area (TPSA) is 67.9 Å². The van der Waals surface area contributed by atoms with Gasteiger partial charge in [-0.05, 0) is 48.2 Å². The third-order valence-electron chi connectivity index (χ3n) is 6.65. The SMILES string of the molecule is O=C(N[C@@H](CC(=O)N1CCC[C@@H]1c1ccc2c(c1)OCCCO2)c1ccccc1)c1ccccc1. The zero-order valence-electron chi connectivity index (χ0n) is 19.7. The number of hydrogen-bond donors (Lipinski definition) is 1. The van der Waals surface area contributed by atoms with E-state index in [1.165, 1.54) is 0 Å². The van der Waals surface area contributed by atoms with E-state index in [0.29, 0.717) is 25.3 Å². The lowest BCUT2D eigenvalue weighted by atomic mass is 10.0. The van der Waals surface area contributed by atoms with E-state index >= 15 is 0 Å². The van der Waals surface area contributed by atoms with Gasteiger partial charge in [0.25, 0.3) is 5.91 Å². The highest BCUT2D eigenvalue weighted by Gasteiger charge is 2.32. The molecule has 2 atom stereocenters. The zero-order valence-corrected chi connectivity index (χ0v) is 19.7. The summed E-state index contributed by atoms with van der Waals surface area (Å²) < 4.78 is 11.6. The quantitative estimate of drug-likeness (QED) is 0.546. The monoisotopic (exact) mass is 470 g/mol. The zero-order chi connectivity index (χ0) is 24.0. The van der Waals surface area contributed by atoms with Crippen molar-refractivity contribution in [3.8, 4) is 11.5 Å². The number of carbonyl (C=O) groups excluding carboxylic acids is 2. The lowest BCUT2D eigenvalue weighted by Crippen LogP contribution is -2.36. The maximum Gasteiger partial charge on any atom is 0.251 e. The Balaban J connectivity index is 1.34. The van der Waals surface area contributed by atoms with E-state index < -0.39 is 6.04 Å². The highest BCUT2D eigenvalue weighted by atomic mass is 16.5. The molecule has 6 heteroatoms. The minimum absolute atomic E-state index is 0.0131. The minimum atomic E-state index is -0.415. The van der Waals surface area contributed by atoms with Crippen molar-refractivity contribution in [2.45, 2.75) is 37.8 Å². The van der Waals surface area contributed by atoms with Crippen molar-refractivity contribution in [1.82, 2.24) is 10.2 Å². The molecular formula is C29H30N2O4. The second-order valence-corrected chi connectivity index (χ2v) is 9.01. The molecule has 2 amide bonds. The van der Waals surface area contributed by atoms with E-state index in [1.807, 2.05) is 71.6 Å². The van der Waals surface area contributed by atoms with E-state index in [-0.39, 0.29) is 24.3 Å². The molecule has 35 heavy (non-hydrogen) atoms. The van der Waals surface area contributed by atoms with E-state index in [2.05, 4.69) is 5.32 Å². The molecule has 0 bridgehead atoms. The highest BCUT2D eigenvalue weighted by molar-refractivity contribution is 5.94. The molecule has 0 aliphatic carbocycles. The summed E-state index contributed by atoms with van der Waals surface area (Å²) in [6.45, 7) is 1.98. The second kappa shape index (κ2) is 10.6. The van der Waals surface area contributed by atoms with Crippen molar-refractivity contribution >= 4 is 11.8 Å². The van der Waals surface area contributed by atoms with Crippen LogP contribution in [0.5, 0.6) is 11.5 Å². The molecule has 2 aliphatic rings. The van der Waals surface area contributed by atoms with Crippen LogP contribution in [-0.4, -0.2) is 36.5 Å². The van der Waals surface area contributed by atoms with Gasteiger partial charge >= 0.3 is 0 Å². The molecule has 2 heterocycles. The number of amides is 2. The van der Waals surface area contributed by atoms with Gasteiger partial charge in [-0.15, -0.1) is 0 Å². The summed E-state index contributed by atoms with van der Waals surface area (Å²) in [5.41, 5.74) is 2.55. The Morgan fingerprint density at radius 3 is 2.37 bits per heavy atom. The highest BCUT2D eigenvalue weighted by Crippen LogP contribution is 2.38. The van der Waals surface area contributed by atoms with Gasteiger partial charge in [0.2, 0.25) is 5.91 Å². The van der Waals surface area contributed by atoms with Crippen molar-refractivity contribution in [2.24, 2.45) is 0 Å². The Morgan fingerprint density at radius 1 is 0.886 bits per heavy atom. The molecule has 5 rings (SSSR count). The molecule has 1 saturated heterocycles. The number of likely N-dealkylation sites (tertiary alicyclic amines) is 1. The third-order valence-corrected chi connectivity index (χ3v) is 6.65. The molecular weight excluding hydrogens is 440 g/mol. The van der Waals surface area contributed by atoms with E-state index in [1.54, 1.807) is 12.1 Å². The fourth-order valence-corrected chi connectivity index (χ4v) is 4.86. The number of fused-ring (bicyclic) bond motifs is 1. The number of nitrogens with zero attached hydrogens (tertiary/aromatic N) is 1. The molecule has 1 N–H and O–H groups in total. The fourth-order valence-electron chi connectivity index (χ4n) is 4.86. The van der Waals surface area contributed by atoms with Crippen molar-refractivity contribution < 1.29 is 19.1 Å². The average molecular weight is 471 g/mol. The molecule has 3 aromatic rings. The first kappa shape index (κ1) is 23.0. The van der Waals surface area contributed by atoms with Gasteiger partial charge < -0.3 is 19.7 Å². The van der Waals surface area contributed by atoms with Crippen LogP contribution in [0.3, 0.4) is 0 Å². The Hall–Kier alpha value is -3.80. The fraction of sp³-hybridized carbons (Fsp3) is 0.310. The Bertz CT molecular complexity index is 1170. The Morgan fingerprint density at radius 2 is 1.60 bits per heavy atom. The van der Waals surface area contributed by atoms with Crippen molar-refractivity contribution in [3.05, 3.63) is 95.6 Å². The smallest absolute Gasteiger partial charge is 0.251 e. The maximum atomic E-state index is 13.6. The van der Waals surface area contributed by atoms with E-state index in [4.69, 9.17) is 9.47 Å². The summed E-state index contributed by atoms with van der Waals surface area (Å²) in [6.07, 6.45) is 2.90. The molecule has 0 saturated carbocycles. The van der Waals surface area contributed by atoms with Crippen LogP contribution in [0.2, 0.25) is 0 Å². The summed E-state index contributed by atoms with van der Waals surface area (Å²) in [7, 11) is 0. The summed E-state index contributed by atoms with van der Waals surface area (Å²) in [4.78, 5) is 28.5. The molecule has 3 aromatic carbocycles. The molecule has 6 nitrogen and oxygen atoms in total. The summed E-state index contributed by atoms with van der Waals surface area (Å²) in [5.74, 6) is 1.35. The summed E-state index contributed by atoms with van der Waals surface area (Å²) in [5, 5.41) is 3.08. The van der Waals surface area contributed by atoms with Gasteiger partial charge in [0.1, 0.15) is 0 Å². The Labute approximate surface area is 205 Å². The average Bonchev–Trinajstić information content (AvgIpc) is 3.28. The van der Waals surface area contributed by atoms with Gasteiger partial charge in [0.05, 0.1) is 31.7 Å². The number of hydrogen-bond acceptors (Lipinski definition) is 4. The predicted molar refractivity (Wildman–Crippen MR) is 133 cm³/mol. The van der Waals surface area contributed by atoms with Crippen LogP contribution in [0.15, 0.2) is 78.9 Å². The van der Waals surface area contributed by atoms with Gasteiger partial charge in [-0.25, -0.2) is 0 Å². The first-order valence-corrected chi connectivity index (χ1v) is 12.3. The predicted octanol–water partition coefficient (Wildman–Crippen LogP) is 5.07. The van der Waals surface area contributed by atoms with Gasteiger partial charge in [0.15, 0.2) is 11.5 Å². The van der Waals surface area contributed by atoms with Crippen LogP contribution in [0.4, 0.5) is 0 Å². The van der Waals surface area contributed by atoms with Crippen LogP contribution < -0.4 is 14.8 Å². The van der Waals surface area contributed by atoms with Crippen molar-refractivity contribution in [1.29, 1.82) is 0 Å². The van der Waals surface area contributed by atoms with Crippen LogP contribution in [-0.2, 0) is 4.79 Å². The first-order valence-electron chi connectivity index (χ1n) is 12.3. The summed E-state index contributed by atoms with van der Waals surface area (Å²) in [6, 6.07) is 24.4. The molecule has 0 unspecified atom stereocenters. The van der Waals surface area contributed by atoms with Gasteiger partial charge in [-0.2, -0.15) is 0 Å². The van der Waals surface area contributed by atoms with Gasteiger partial charge in [-0.1, -0.05) is 54.6 Å². The first-order chi connectivity index (χ1) is 17.2. The molecule has 0 spiro atoms. The second-order valence-electron chi connectivity index (χ2n) is 9.01. The van der Waals surface area contributed by atoms with Crippen LogP contribution in [0.1, 0.15) is 59.3 Å². The number of benzene rings is 3. The lowest BCUT2D eigenvalue weighted by Gasteiger charge is -2.28. The van der Waals surface area contributed by atoms with Crippen molar-refractivity contribution in [2.75, 3.05) is 19.8 Å². The van der Waals surface area contributed by atoms with E-state index in [9.17, 15) is 9.59 Å². The number of ether oxygens (including phenoxy) is 2. The number of carbonyl (C=O) groups is 2. The standard InChI is InChI=1S/C29H30N2O4/c32-28(20-24(21-9-3-1-4-10-21)30-29(33)22-11-5-2-6-12-22)31-16-7-13-25(31)23-14-15-26-27(19-23)35-18-8-17-34-26/h1-6,9-12,14-15,19,24-25H,7-8,13,16-18,20H2,(H,30,33)/t24-,25+/m0/s1. The van der Waals surface area contributed by atoms with Crippen molar-refractivity contribution in [3.63, 3.8) is 0 Å². The maximum absolute atomic E-state index is 13.6. The molecule has 0 aromatic heterocycles. The Kier molecular flexibility index (Phi) is 6.98. The normalized spacial score (nSPS) is 17.9. The number of nitrogens with one attached hydrogen (secondary N) is 1.